The Hall–Kier alpha value is -2.33. The minimum absolute atomic E-state index is 0.330. The Balaban J connectivity index is 2.09. The molecule has 0 amide bonds. The summed E-state index contributed by atoms with van der Waals surface area (Å²) in [6.45, 7) is 2.11. The molecule has 3 nitrogen and oxygen atoms in total. The summed E-state index contributed by atoms with van der Waals surface area (Å²) in [7, 11) is 0. The van der Waals surface area contributed by atoms with Crippen LogP contribution in [0.1, 0.15) is 18.1 Å². The molecule has 0 aromatic heterocycles. The fourth-order valence-electron chi connectivity index (χ4n) is 2.37. The predicted octanol–water partition coefficient (Wildman–Crippen LogP) is 4.83. The lowest BCUT2D eigenvalue weighted by molar-refractivity contribution is -0.137. The molecule has 0 aliphatic carbocycles. The summed E-state index contributed by atoms with van der Waals surface area (Å²) in [5.41, 5.74) is 2.79. The lowest BCUT2D eigenvalue weighted by Crippen LogP contribution is -2.09. The van der Waals surface area contributed by atoms with E-state index in [1.165, 1.54) is 6.08 Å². The van der Waals surface area contributed by atoms with Gasteiger partial charge in [0.2, 0.25) is 0 Å². The maximum atomic E-state index is 11.8. The van der Waals surface area contributed by atoms with Crippen LogP contribution in [0, 0.1) is 0 Å². The maximum absolute atomic E-state index is 11.8. The van der Waals surface area contributed by atoms with Gasteiger partial charge in [0.05, 0.1) is 12.7 Å². The number of ether oxygens (including phenoxy) is 2. The Morgan fingerprint density at radius 3 is 2.74 bits per heavy atom. The highest BCUT2D eigenvalue weighted by Crippen LogP contribution is 2.37. The predicted molar refractivity (Wildman–Crippen MR) is 93.8 cm³/mol. The van der Waals surface area contributed by atoms with Gasteiger partial charge >= 0.3 is 5.97 Å². The molecule has 4 heteroatoms. The lowest BCUT2D eigenvalue weighted by atomic mass is 9.98. The molecule has 0 radical (unpaired) electrons. The van der Waals surface area contributed by atoms with Crippen LogP contribution < -0.4 is 4.74 Å². The van der Waals surface area contributed by atoms with Crippen LogP contribution in [0.25, 0.3) is 11.6 Å². The first-order valence-electron chi connectivity index (χ1n) is 7.30. The standard InChI is InChI=1S/C19H15BrO3/c1-2-22-19(21)12-18-16(13-6-4-3-5-7-13)11-14-10-15(20)8-9-17(14)23-18/h3-12H,2H2,1H3/b18-12-. The van der Waals surface area contributed by atoms with Crippen LogP contribution in [-0.2, 0) is 9.53 Å². The minimum Gasteiger partial charge on any atom is -0.463 e. The monoisotopic (exact) mass is 370 g/mol. The van der Waals surface area contributed by atoms with Crippen LogP contribution in [0.3, 0.4) is 0 Å². The topological polar surface area (TPSA) is 35.5 Å². The van der Waals surface area contributed by atoms with Gasteiger partial charge in [0.15, 0.2) is 0 Å². The van der Waals surface area contributed by atoms with Gasteiger partial charge in [-0.15, -0.1) is 0 Å². The molecule has 0 saturated heterocycles. The smallest absolute Gasteiger partial charge is 0.334 e. The number of fused-ring (bicyclic) bond motifs is 1. The highest BCUT2D eigenvalue weighted by Gasteiger charge is 2.20. The molecule has 0 N–H and O–H groups in total. The van der Waals surface area contributed by atoms with E-state index in [4.69, 9.17) is 9.47 Å². The first-order valence-corrected chi connectivity index (χ1v) is 8.10. The molecule has 0 unspecified atom stereocenters. The summed E-state index contributed by atoms with van der Waals surface area (Å²) in [6.07, 6.45) is 3.41. The lowest BCUT2D eigenvalue weighted by Gasteiger charge is -2.21. The van der Waals surface area contributed by atoms with Crippen LogP contribution in [0.2, 0.25) is 0 Å². The van der Waals surface area contributed by atoms with Crippen molar-refractivity contribution in [2.75, 3.05) is 6.61 Å². The van der Waals surface area contributed by atoms with Gasteiger partial charge in [-0.3, -0.25) is 0 Å². The first kappa shape index (κ1) is 15.6. The number of rotatable bonds is 3. The average molecular weight is 371 g/mol. The number of carbonyl (C=O) groups is 1. The van der Waals surface area contributed by atoms with Gasteiger partial charge in [0.1, 0.15) is 11.5 Å². The molecular weight excluding hydrogens is 356 g/mol. The Labute approximate surface area is 143 Å². The van der Waals surface area contributed by atoms with Gasteiger partial charge in [-0.05, 0) is 36.8 Å². The summed E-state index contributed by atoms with van der Waals surface area (Å²) >= 11 is 3.47. The van der Waals surface area contributed by atoms with Gasteiger partial charge in [0, 0.05) is 15.6 Å². The fourth-order valence-corrected chi connectivity index (χ4v) is 2.75. The molecule has 0 fully saturated rings. The number of hydrogen-bond acceptors (Lipinski definition) is 3. The summed E-state index contributed by atoms with van der Waals surface area (Å²) in [4.78, 5) is 11.8. The number of halogens is 1. The van der Waals surface area contributed by atoms with Gasteiger partial charge in [0.25, 0.3) is 0 Å². The number of benzene rings is 2. The van der Waals surface area contributed by atoms with E-state index in [1.807, 2.05) is 54.6 Å². The molecule has 1 aliphatic rings. The van der Waals surface area contributed by atoms with Gasteiger partial charge in [-0.1, -0.05) is 46.3 Å². The number of hydrogen-bond donors (Lipinski definition) is 0. The summed E-state index contributed by atoms with van der Waals surface area (Å²) in [6, 6.07) is 15.6. The zero-order chi connectivity index (χ0) is 16.2. The molecule has 0 spiro atoms. The number of esters is 1. The van der Waals surface area contributed by atoms with Crippen molar-refractivity contribution >= 4 is 33.5 Å². The zero-order valence-corrected chi connectivity index (χ0v) is 14.2. The molecule has 0 saturated carbocycles. The summed E-state index contributed by atoms with van der Waals surface area (Å²) in [5.74, 6) is 0.790. The van der Waals surface area contributed by atoms with E-state index < -0.39 is 5.97 Å². The van der Waals surface area contributed by atoms with Crippen molar-refractivity contribution in [3.8, 4) is 5.75 Å². The van der Waals surface area contributed by atoms with Crippen LogP contribution in [-0.4, -0.2) is 12.6 Å². The van der Waals surface area contributed by atoms with E-state index in [-0.39, 0.29) is 0 Å². The van der Waals surface area contributed by atoms with Crippen molar-refractivity contribution in [3.05, 3.63) is 76.0 Å². The molecule has 23 heavy (non-hydrogen) atoms. The molecule has 1 aliphatic heterocycles. The van der Waals surface area contributed by atoms with Crippen molar-refractivity contribution in [2.45, 2.75) is 6.92 Å². The quantitative estimate of drug-likeness (QED) is 0.573. The second kappa shape index (κ2) is 6.84. The Morgan fingerprint density at radius 1 is 1.22 bits per heavy atom. The van der Waals surface area contributed by atoms with Gasteiger partial charge < -0.3 is 9.47 Å². The van der Waals surface area contributed by atoms with Crippen molar-refractivity contribution in [1.82, 2.24) is 0 Å². The highest BCUT2D eigenvalue weighted by atomic mass is 79.9. The molecular formula is C19H15BrO3. The SMILES string of the molecule is CCOC(=O)/C=C1\Oc2ccc(Br)cc2C=C1c1ccccc1. The molecule has 2 aromatic rings. The molecule has 1 heterocycles. The van der Waals surface area contributed by atoms with Gasteiger partial charge in [-0.2, -0.15) is 0 Å². The normalized spacial score (nSPS) is 14.7. The van der Waals surface area contributed by atoms with E-state index in [9.17, 15) is 4.79 Å². The second-order valence-electron chi connectivity index (χ2n) is 4.97. The second-order valence-corrected chi connectivity index (χ2v) is 5.88. The molecule has 0 bridgehead atoms. The highest BCUT2D eigenvalue weighted by molar-refractivity contribution is 9.10. The Bertz CT molecular complexity index is 792. The van der Waals surface area contributed by atoms with Crippen LogP contribution in [0.15, 0.2) is 64.8 Å². The number of allylic oxidation sites excluding steroid dienone is 1. The maximum Gasteiger partial charge on any atom is 0.334 e. The van der Waals surface area contributed by atoms with Crippen molar-refractivity contribution in [2.24, 2.45) is 0 Å². The van der Waals surface area contributed by atoms with Crippen molar-refractivity contribution < 1.29 is 14.3 Å². The van der Waals surface area contributed by atoms with Crippen LogP contribution in [0.4, 0.5) is 0 Å². The number of carbonyl (C=O) groups excluding carboxylic acids is 1. The van der Waals surface area contributed by atoms with E-state index in [1.54, 1.807) is 6.92 Å². The van der Waals surface area contributed by atoms with E-state index in [0.29, 0.717) is 18.1 Å². The van der Waals surface area contributed by atoms with E-state index in [0.717, 1.165) is 21.2 Å². The van der Waals surface area contributed by atoms with Crippen LogP contribution >= 0.6 is 15.9 Å². The molecule has 116 valence electrons. The first-order chi connectivity index (χ1) is 11.2. The largest absolute Gasteiger partial charge is 0.463 e. The minimum atomic E-state index is -0.412. The van der Waals surface area contributed by atoms with Crippen molar-refractivity contribution in [1.29, 1.82) is 0 Å². The third-order valence-corrected chi connectivity index (χ3v) is 3.87. The third-order valence-electron chi connectivity index (χ3n) is 3.38. The average Bonchev–Trinajstić information content (AvgIpc) is 2.55. The Kier molecular flexibility index (Phi) is 4.63. The summed E-state index contributed by atoms with van der Waals surface area (Å²) < 4.78 is 11.9. The van der Waals surface area contributed by atoms with Crippen LogP contribution in [0.5, 0.6) is 5.75 Å². The third kappa shape index (κ3) is 3.54. The molecule has 3 rings (SSSR count). The fraction of sp³-hybridized carbons (Fsp3) is 0.105. The summed E-state index contributed by atoms with van der Waals surface area (Å²) in [5, 5.41) is 0. The van der Waals surface area contributed by atoms with Crippen molar-refractivity contribution in [3.63, 3.8) is 0 Å². The zero-order valence-electron chi connectivity index (χ0n) is 12.6. The van der Waals surface area contributed by atoms with E-state index >= 15 is 0 Å². The molecule has 2 aromatic carbocycles. The van der Waals surface area contributed by atoms with Gasteiger partial charge in [-0.25, -0.2) is 4.79 Å². The molecule has 0 atom stereocenters. The van der Waals surface area contributed by atoms with E-state index in [2.05, 4.69) is 15.9 Å². The Morgan fingerprint density at radius 2 is 2.00 bits per heavy atom.